The van der Waals surface area contributed by atoms with Crippen molar-refractivity contribution in [1.29, 1.82) is 0 Å². The number of carbonyl (C=O) groups is 1. The molecule has 1 aromatic heterocycles. The molecule has 0 fully saturated rings. The molecule has 7 nitrogen and oxygen atoms in total. The van der Waals surface area contributed by atoms with Crippen LogP contribution in [0.5, 0.6) is 0 Å². The number of ether oxygens (including phenoxy) is 1. The van der Waals surface area contributed by atoms with E-state index in [-0.39, 0.29) is 22.3 Å². The molecule has 10 heteroatoms. The number of esters is 1. The molecule has 2 aromatic rings. The minimum atomic E-state index is -1.43. The summed E-state index contributed by atoms with van der Waals surface area (Å²) >= 11 is 11.4. The number of hydrogen-bond donors (Lipinski definition) is 2. The molecule has 1 aliphatic heterocycles. The zero-order valence-corrected chi connectivity index (χ0v) is 12.8. The normalized spacial score (nSPS) is 17.6. The summed E-state index contributed by atoms with van der Waals surface area (Å²) in [4.78, 5) is 11.2. The van der Waals surface area contributed by atoms with Crippen molar-refractivity contribution in [2.45, 2.75) is 12.8 Å². The van der Waals surface area contributed by atoms with Crippen LogP contribution in [0.25, 0.3) is 5.69 Å². The van der Waals surface area contributed by atoms with Gasteiger partial charge in [-0.05, 0) is 18.2 Å². The number of nitrogens with zero attached hydrogens (tertiary/aromatic N) is 3. The van der Waals surface area contributed by atoms with Gasteiger partial charge in [-0.15, -0.1) is 5.10 Å². The molecule has 1 aromatic carbocycles. The van der Waals surface area contributed by atoms with Crippen LogP contribution in [0.4, 0.5) is 4.39 Å². The van der Waals surface area contributed by atoms with Gasteiger partial charge < -0.3 is 15.2 Å². The molecule has 23 heavy (non-hydrogen) atoms. The van der Waals surface area contributed by atoms with E-state index >= 15 is 0 Å². The third-order valence-corrected chi connectivity index (χ3v) is 3.70. The second kappa shape index (κ2) is 6.15. The van der Waals surface area contributed by atoms with Crippen molar-refractivity contribution in [3.05, 3.63) is 51.7 Å². The maximum Gasteiger partial charge on any atom is 0.354 e. The number of benzene rings is 1. The largest absolute Gasteiger partial charge is 0.425 e. The van der Waals surface area contributed by atoms with Crippen LogP contribution in [0, 0.1) is 5.82 Å². The second-order valence-electron chi connectivity index (χ2n) is 4.59. The van der Waals surface area contributed by atoms with Crippen molar-refractivity contribution >= 4 is 29.2 Å². The Balaban J connectivity index is 1.73. The summed E-state index contributed by atoms with van der Waals surface area (Å²) in [6.07, 6.45) is 0.149. The molecular weight excluding hydrogens is 350 g/mol. The predicted molar refractivity (Wildman–Crippen MR) is 78.1 cm³/mol. The minimum absolute atomic E-state index is 0.0284. The lowest BCUT2D eigenvalue weighted by Gasteiger charge is -2.08. The number of hydrogen-bond acceptors (Lipinski definition) is 6. The molecule has 0 spiro atoms. The number of aliphatic hydroxyl groups is 1. The summed E-state index contributed by atoms with van der Waals surface area (Å²) in [6.45, 7) is 0.147. The van der Waals surface area contributed by atoms with Gasteiger partial charge in [-0.3, -0.25) is 0 Å². The highest BCUT2D eigenvalue weighted by Gasteiger charge is 2.31. The summed E-state index contributed by atoms with van der Waals surface area (Å²) in [6, 6.07) is 4.13. The molecular formula is C13H9Cl2FN4O3. The van der Waals surface area contributed by atoms with Crippen LogP contribution in [-0.4, -0.2) is 32.4 Å². The van der Waals surface area contributed by atoms with Crippen LogP contribution >= 0.6 is 23.2 Å². The van der Waals surface area contributed by atoms with Crippen LogP contribution in [0.3, 0.4) is 0 Å². The van der Waals surface area contributed by atoms with Gasteiger partial charge in [0.1, 0.15) is 17.2 Å². The monoisotopic (exact) mass is 358 g/mol. The first-order chi connectivity index (χ1) is 11.0. The Labute approximate surface area is 139 Å². The maximum absolute atomic E-state index is 13.2. The van der Waals surface area contributed by atoms with Crippen molar-refractivity contribution in [2.75, 3.05) is 0 Å². The highest BCUT2D eigenvalue weighted by molar-refractivity contribution is 6.42. The number of nitrogens with one attached hydrogen (secondary N) is 1. The quantitative estimate of drug-likeness (QED) is 0.804. The van der Waals surface area contributed by atoms with Crippen LogP contribution in [0.15, 0.2) is 35.1 Å². The van der Waals surface area contributed by atoms with Crippen LogP contribution in [0.1, 0.15) is 5.69 Å². The third-order valence-electron chi connectivity index (χ3n) is 3.05. The Kier molecular flexibility index (Phi) is 4.20. The molecule has 1 aliphatic rings. The molecule has 3 rings (SSSR count). The van der Waals surface area contributed by atoms with Gasteiger partial charge in [0.2, 0.25) is 6.29 Å². The van der Waals surface area contributed by atoms with E-state index in [4.69, 9.17) is 23.2 Å². The molecule has 0 saturated heterocycles. The van der Waals surface area contributed by atoms with E-state index < -0.39 is 18.1 Å². The predicted octanol–water partition coefficient (Wildman–Crippen LogP) is 1.47. The fraction of sp³-hybridized carbons (Fsp3) is 0.154. The van der Waals surface area contributed by atoms with Crippen LogP contribution < -0.4 is 5.32 Å². The summed E-state index contributed by atoms with van der Waals surface area (Å²) in [5.74, 6) is -1.33. The zero-order chi connectivity index (χ0) is 16.6. The molecule has 0 saturated carbocycles. The van der Waals surface area contributed by atoms with Gasteiger partial charge in [0.05, 0.1) is 23.5 Å². The molecule has 1 atom stereocenters. The molecule has 0 amide bonds. The molecule has 2 N–H and O–H groups in total. The van der Waals surface area contributed by atoms with E-state index in [0.717, 1.165) is 0 Å². The average molecular weight is 359 g/mol. The molecule has 0 radical (unpaired) electrons. The van der Waals surface area contributed by atoms with Crippen LogP contribution in [-0.2, 0) is 16.1 Å². The average Bonchev–Trinajstić information content (AvgIpc) is 3.07. The number of halogens is 3. The summed E-state index contributed by atoms with van der Waals surface area (Å²) in [5.41, 5.74) is 1.09. The van der Waals surface area contributed by atoms with E-state index in [2.05, 4.69) is 20.4 Å². The lowest BCUT2D eigenvalue weighted by molar-refractivity contribution is -0.151. The number of rotatable bonds is 4. The van der Waals surface area contributed by atoms with E-state index in [9.17, 15) is 14.3 Å². The first-order valence-electron chi connectivity index (χ1n) is 6.35. The molecule has 0 aliphatic carbocycles. The van der Waals surface area contributed by atoms with Crippen LogP contribution in [0.2, 0.25) is 5.02 Å². The van der Waals surface area contributed by atoms with Crippen molar-refractivity contribution in [3.8, 4) is 5.69 Å². The third kappa shape index (κ3) is 3.14. The summed E-state index contributed by atoms with van der Waals surface area (Å²) in [7, 11) is 0. The van der Waals surface area contributed by atoms with Crippen molar-refractivity contribution < 1.29 is 19.0 Å². The Morgan fingerprint density at radius 1 is 1.43 bits per heavy atom. The minimum Gasteiger partial charge on any atom is -0.425 e. The van der Waals surface area contributed by atoms with E-state index in [0.29, 0.717) is 11.4 Å². The van der Waals surface area contributed by atoms with Gasteiger partial charge in [0.15, 0.2) is 5.03 Å². The van der Waals surface area contributed by atoms with Gasteiger partial charge >= 0.3 is 5.97 Å². The Morgan fingerprint density at radius 2 is 2.22 bits per heavy atom. The van der Waals surface area contributed by atoms with Crippen molar-refractivity contribution in [2.24, 2.45) is 0 Å². The van der Waals surface area contributed by atoms with Crippen molar-refractivity contribution in [1.82, 2.24) is 20.3 Å². The fourth-order valence-corrected chi connectivity index (χ4v) is 2.29. The van der Waals surface area contributed by atoms with Gasteiger partial charge in [0.25, 0.3) is 0 Å². The Bertz CT molecular complexity index is 808. The molecule has 120 valence electrons. The fourth-order valence-electron chi connectivity index (χ4n) is 1.91. The maximum atomic E-state index is 13.2. The Hall–Kier alpha value is -2.16. The summed E-state index contributed by atoms with van der Waals surface area (Å²) < 4.78 is 19.1. The van der Waals surface area contributed by atoms with E-state index in [1.54, 1.807) is 6.20 Å². The summed E-state index contributed by atoms with van der Waals surface area (Å²) in [5, 5.41) is 19.8. The highest BCUT2D eigenvalue weighted by Crippen LogP contribution is 2.22. The second-order valence-corrected chi connectivity index (χ2v) is 5.38. The lowest BCUT2D eigenvalue weighted by atomic mass is 10.3. The van der Waals surface area contributed by atoms with Gasteiger partial charge in [0, 0.05) is 0 Å². The topological polar surface area (TPSA) is 89.3 Å². The SMILES string of the molecule is O=C1OC(O)C(NCc2cn(-c3ccc(F)c(Cl)c3)nn2)=C1Cl. The van der Waals surface area contributed by atoms with Gasteiger partial charge in [-0.1, -0.05) is 28.4 Å². The zero-order valence-electron chi connectivity index (χ0n) is 11.3. The number of aliphatic hydroxyl groups excluding tert-OH is 1. The molecule has 2 heterocycles. The van der Waals surface area contributed by atoms with E-state index in [1.807, 2.05) is 0 Å². The van der Waals surface area contributed by atoms with E-state index in [1.165, 1.54) is 22.9 Å². The van der Waals surface area contributed by atoms with Crippen molar-refractivity contribution in [3.63, 3.8) is 0 Å². The van der Waals surface area contributed by atoms with Gasteiger partial charge in [-0.25, -0.2) is 13.9 Å². The van der Waals surface area contributed by atoms with Gasteiger partial charge in [-0.2, -0.15) is 0 Å². The first-order valence-corrected chi connectivity index (χ1v) is 7.10. The number of carbonyl (C=O) groups excluding carboxylic acids is 1. The number of cyclic esters (lactones) is 1. The standard InChI is InChI=1S/C13H9Cl2FN4O3/c14-8-3-7(1-2-9(8)16)20-5-6(18-19-20)4-17-11-10(15)12(21)23-13(11)22/h1-3,5,13,17,22H,4H2. The number of aromatic nitrogens is 3. The molecule has 1 unspecified atom stereocenters. The Morgan fingerprint density at radius 3 is 2.87 bits per heavy atom. The molecule has 0 bridgehead atoms. The smallest absolute Gasteiger partial charge is 0.354 e. The lowest BCUT2D eigenvalue weighted by Crippen LogP contribution is -2.22. The first kappa shape index (κ1) is 15.7. The highest BCUT2D eigenvalue weighted by atomic mass is 35.5.